The average Bonchev–Trinajstić information content (AvgIpc) is 3.07. The monoisotopic (exact) mass is 404 g/mol. The summed E-state index contributed by atoms with van der Waals surface area (Å²) in [5, 5.41) is 10.6. The molecule has 3 N–H and O–H groups in total. The van der Waals surface area contributed by atoms with Crippen molar-refractivity contribution < 1.29 is 9.53 Å². The first-order chi connectivity index (χ1) is 13.1. The molecule has 0 aliphatic carbocycles. The van der Waals surface area contributed by atoms with Crippen molar-refractivity contribution in [1.29, 1.82) is 0 Å². The maximum absolute atomic E-state index is 11.4. The quantitative estimate of drug-likeness (QED) is 0.821. The van der Waals surface area contributed by atoms with Gasteiger partial charge in [0.2, 0.25) is 5.91 Å². The van der Waals surface area contributed by atoms with Crippen molar-refractivity contribution in [3.63, 3.8) is 0 Å². The van der Waals surface area contributed by atoms with Crippen molar-refractivity contribution in [2.75, 3.05) is 19.8 Å². The third-order valence-corrected chi connectivity index (χ3v) is 6.02. The van der Waals surface area contributed by atoms with Crippen LogP contribution in [-0.4, -0.2) is 42.6 Å². The fraction of sp³-hybridized carbons (Fsp3) is 0.368. The first-order valence-electron chi connectivity index (χ1n) is 8.93. The number of ether oxygens (including phenoxy) is 1. The van der Waals surface area contributed by atoms with Crippen molar-refractivity contribution in [1.82, 2.24) is 10.3 Å². The van der Waals surface area contributed by atoms with Crippen LogP contribution in [0.1, 0.15) is 23.3 Å². The van der Waals surface area contributed by atoms with Gasteiger partial charge in [-0.25, -0.2) is 0 Å². The summed E-state index contributed by atoms with van der Waals surface area (Å²) in [6.45, 7) is 2.14. The molecule has 1 unspecified atom stereocenters. The van der Waals surface area contributed by atoms with Crippen LogP contribution < -0.4 is 11.1 Å². The first-order valence-corrected chi connectivity index (χ1v) is 10.1. The summed E-state index contributed by atoms with van der Waals surface area (Å²) in [6, 6.07) is 10.2. The Bertz CT molecular complexity index is 859. The Morgan fingerprint density at radius 1 is 1.41 bits per heavy atom. The molecule has 1 amide bonds. The van der Waals surface area contributed by atoms with Crippen LogP contribution in [0.25, 0.3) is 10.4 Å². The van der Waals surface area contributed by atoms with Gasteiger partial charge in [-0.1, -0.05) is 23.7 Å². The van der Waals surface area contributed by atoms with E-state index in [-0.39, 0.29) is 12.6 Å². The number of hydrogen-bond donors (Lipinski definition) is 2. The number of halogens is 1. The molecule has 0 spiro atoms. The van der Waals surface area contributed by atoms with Crippen molar-refractivity contribution in [2.45, 2.75) is 25.4 Å². The van der Waals surface area contributed by atoms with Crippen molar-refractivity contribution in [3.05, 3.63) is 45.8 Å². The highest BCUT2D eigenvalue weighted by molar-refractivity contribution is 7.15. The fourth-order valence-corrected chi connectivity index (χ4v) is 4.63. The minimum Gasteiger partial charge on any atom is -0.379 e. The van der Waals surface area contributed by atoms with Gasteiger partial charge in [0, 0.05) is 26.9 Å². The zero-order chi connectivity index (χ0) is 18.8. The molecule has 2 aliphatic heterocycles. The second-order valence-corrected chi connectivity index (χ2v) is 8.32. The number of thiophene rings is 1. The summed E-state index contributed by atoms with van der Waals surface area (Å²) in [6.07, 6.45) is 2.07. The number of benzene rings is 1. The van der Waals surface area contributed by atoms with Gasteiger partial charge in [-0.15, -0.1) is 11.3 Å². The van der Waals surface area contributed by atoms with E-state index in [0.717, 1.165) is 46.2 Å². The third kappa shape index (κ3) is 4.26. The van der Waals surface area contributed by atoms with E-state index in [1.165, 1.54) is 0 Å². The molecule has 0 saturated carbocycles. The molecule has 1 aromatic carbocycles. The van der Waals surface area contributed by atoms with Crippen LogP contribution in [0.4, 0.5) is 0 Å². The third-order valence-electron chi connectivity index (χ3n) is 4.60. The van der Waals surface area contributed by atoms with E-state index < -0.39 is 5.91 Å². The molecule has 0 radical (unpaired) electrons. The van der Waals surface area contributed by atoms with E-state index >= 15 is 0 Å². The van der Waals surface area contributed by atoms with Crippen LogP contribution in [-0.2, 0) is 16.1 Å². The number of rotatable bonds is 4. The molecule has 142 valence electrons. The smallest absolute Gasteiger partial charge is 0.238 e. The Hall–Kier alpha value is -2.09. The number of fused-ring (bicyclic) bond motifs is 1. The lowest BCUT2D eigenvalue weighted by atomic mass is 10.1. The molecule has 3 heterocycles. The van der Waals surface area contributed by atoms with E-state index in [1.807, 2.05) is 24.3 Å². The minimum atomic E-state index is -0.392. The Morgan fingerprint density at radius 2 is 2.22 bits per heavy atom. The molecule has 1 fully saturated rings. The highest BCUT2D eigenvalue weighted by atomic mass is 35.5. The zero-order valence-corrected chi connectivity index (χ0v) is 16.4. The Morgan fingerprint density at radius 3 is 2.93 bits per heavy atom. The Labute approximate surface area is 166 Å². The van der Waals surface area contributed by atoms with Crippen molar-refractivity contribution in [2.24, 2.45) is 10.8 Å². The summed E-state index contributed by atoms with van der Waals surface area (Å²) in [7, 11) is 0. The molecule has 1 aromatic heterocycles. The highest BCUT2D eigenvalue weighted by Gasteiger charge is 2.26. The van der Waals surface area contributed by atoms with E-state index in [0.29, 0.717) is 18.2 Å². The molecule has 2 aliphatic rings. The number of nitrogens with zero attached hydrogens (tertiary/aromatic N) is 2. The zero-order valence-electron chi connectivity index (χ0n) is 14.8. The molecule has 1 atom stereocenters. The number of primary amides is 1. The molecule has 8 heteroatoms. The molecular weight excluding hydrogens is 384 g/mol. The SMILES string of the molecule is NC(=O)CN1Cc2sc(-c3ccc(Cl)cc3)cc2C(NC2CCCOC2)=N1. The molecule has 6 nitrogen and oxygen atoms in total. The number of nitrogens with two attached hydrogens (primary N) is 1. The number of amides is 1. The van der Waals surface area contributed by atoms with E-state index in [9.17, 15) is 4.79 Å². The number of carbonyl (C=O) groups is 1. The standard InChI is InChI=1S/C19H21ClN4O2S/c20-13-5-3-12(4-6-13)16-8-15-17(27-16)9-24(10-18(21)25)23-19(15)22-14-2-1-7-26-11-14/h3-6,8,14H,1-2,7,9-11H2,(H2,21,25)(H,22,23). The van der Waals surface area contributed by atoms with Crippen LogP contribution in [0.5, 0.6) is 0 Å². The van der Waals surface area contributed by atoms with Gasteiger partial charge in [-0.05, 0) is 36.6 Å². The lowest BCUT2D eigenvalue weighted by molar-refractivity contribution is -0.119. The molecule has 0 bridgehead atoms. The largest absolute Gasteiger partial charge is 0.379 e. The fourth-order valence-electron chi connectivity index (χ4n) is 3.33. The Kier molecular flexibility index (Phi) is 5.33. The number of carbonyl (C=O) groups excluding carboxylic acids is 1. The van der Waals surface area contributed by atoms with Crippen LogP contribution in [0, 0.1) is 0 Å². The number of hydrogen-bond acceptors (Lipinski definition) is 6. The van der Waals surface area contributed by atoms with Gasteiger partial charge in [0.1, 0.15) is 6.54 Å². The van der Waals surface area contributed by atoms with Crippen LogP contribution in [0.15, 0.2) is 35.4 Å². The summed E-state index contributed by atoms with van der Waals surface area (Å²) in [5.74, 6) is 0.390. The second kappa shape index (κ2) is 7.88. The molecule has 4 rings (SSSR count). The average molecular weight is 405 g/mol. The van der Waals surface area contributed by atoms with E-state index in [1.54, 1.807) is 16.3 Å². The number of nitrogens with one attached hydrogen (secondary N) is 1. The summed E-state index contributed by atoms with van der Waals surface area (Å²) < 4.78 is 5.57. The van der Waals surface area contributed by atoms with Crippen molar-refractivity contribution >= 4 is 34.7 Å². The summed E-state index contributed by atoms with van der Waals surface area (Å²) in [4.78, 5) is 13.7. The second-order valence-electron chi connectivity index (χ2n) is 6.75. The van der Waals surface area contributed by atoms with Gasteiger partial charge in [0.15, 0.2) is 5.84 Å². The molecule has 27 heavy (non-hydrogen) atoms. The topological polar surface area (TPSA) is 80.0 Å². The van der Waals surface area contributed by atoms with E-state index in [4.69, 9.17) is 22.1 Å². The predicted octanol–water partition coefficient (Wildman–Crippen LogP) is 2.80. The summed E-state index contributed by atoms with van der Waals surface area (Å²) >= 11 is 7.71. The molecular formula is C19H21ClN4O2S. The molecule has 2 aromatic rings. The highest BCUT2D eigenvalue weighted by Crippen LogP contribution is 2.35. The van der Waals surface area contributed by atoms with Gasteiger partial charge in [-0.2, -0.15) is 5.10 Å². The van der Waals surface area contributed by atoms with Gasteiger partial charge in [0.05, 0.1) is 19.2 Å². The van der Waals surface area contributed by atoms with Gasteiger partial charge < -0.3 is 15.8 Å². The maximum Gasteiger partial charge on any atom is 0.238 e. The Balaban J connectivity index is 1.64. The van der Waals surface area contributed by atoms with Crippen molar-refractivity contribution in [3.8, 4) is 10.4 Å². The number of hydrazone groups is 1. The van der Waals surface area contributed by atoms with Gasteiger partial charge in [0.25, 0.3) is 0 Å². The predicted molar refractivity (Wildman–Crippen MR) is 108 cm³/mol. The first kappa shape index (κ1) is 18.3. The maximum atomic E-state index is 11.4. The van der Waals surface area contributed by atoms with Crippen LogP contribution in [0.2, 0.25) is 5.02 Å². The summed E-state index contributed by atoms with van der Waals surface area (Å²) in [5.41, 5.74) is 7.58. The normalized spacial score (nSPS) is 19.4. The lowest BCUT2D eigenvalue weighted by Crippen LogP contribution is -2.44. The lowest BCUT2D eigenvalue weighted by Gasteiger charge is -2.29. The minimum absolute atomic E-state index is 0.0972. The van der Waals surface area contributed by atoms with Gasteiger partial charge in [-0.3, -0.25) is 9.80 Å². The van der Waals surface area contributed by atoms with Crippen LogP contribution in [0.3, 0.4) is 0 Å². The van der Waals surface area contributed by atoms with Gasteiger partial charge >= 0.3 is 0 Å². The van der Waals surface area contributed by atoms with E-state index in [2.05, 4.69) is 16.5 Å². The molecule has 1 saturated heterocycles. The number of amidine groups is 1. The van der Waals surface area contributed by atoms with Crippen LogP contribution >= 0.6 is 22.9 Å².